The van der Waals surface area contributed by atoms with Crippen LogP contribution in [0, 0.1) is 0 Å². The summed E-state index contributed by atoms with van der Waals surface area (Å²) in [5, 5.41) is 11.5. The molecule has 1 N–H and O–H groups in total. The molecule has 0 aliphatic heterocycles. The molecule has 1 aromatic heterocycles. The third-order valence-electron chi connectivity index (χ3n) is 2.05. The maximum Gasteiger partial charge on any atom is 0.0802 e. The molecule has 0 aliphatic carbocycles. The lowest BCUT2D eigenvalue weighted by Crippen LogP contribution is -2.32. The van der Waals surface area contributed by atoms with E-state index in [1.54, 1.807) is 11.3 Å². The normalized spacial score (nSPS) is 13.4. The molecule has 0 amide bonds. The molecule has 2 nitrogen and oxygen atoms in total. The highest BCUT2D eigenvalue weighted by Gasteiger charge is 2.09. The predicted octanol–water partition coefficient (Wildman–Crippen LogP) is 2.17. The quantitative estimate of drug-likeness (QED) is 0.762. The van der Waals surface area contributed by atoms with Crippen LogP contribution in [-0.4, -0.2) is 35.1 Å². The summed E-state index contributed by atoms with van der Waals surface area (Å²) in [7, 11) is 0. The Hall–Kier alpha value is -0.0900. The Bertz CT molecular complexity index is 240. The van der Waals surface area contributed by atoms with E-state index in [2.05, 4.69) is 23.3 Å². The van der Waals surface area contributed by atoms with Gasteiger partial charge in [0.25, 0.3) is 0 Å². The molecule has 80 valence electrons. The summed E-state index contributed by atoms with van der Waals surface area (Å²) in [6, 6.07) is 4.16. The summed E-state index contributed by atoms with van der Waals surface area (Å²) in [5.41, 5.74) is 0. The molecule has 1 unspecified atom stereocenters. The summed E-state index contributed by atoms with van der Waals surface area (Å²) >= 11 is 7.31. The lowest BCUT2D eigenvalue weighted by Gasteiger charge is -2.21. The average molecular weight is 234 g/mol. The maximum atomic E-state index is 9.42. The first kappa shape index (κ1) is 12.0. The standard InChI is InChI=1S/C10H16ClNOS/c1-2-12(7-9(13)6-11)8-10-4-3-5-14-10/h3-5,9,13H,2,6-8H2,1H3. The van der Waals surface area contributed by atoms with Crippen molar-refractivity contribution in [2.45, 2.75) is 19.6 Å². The van der Waals surface area contributed by atoms with Gasteiger partial charge < -0.3 is 5.11 Å². The fourth-order valence-corrected chi connectivity index (χ4v) is 2.12. The lowest BCUT2D eigenvalue weighted by molar-refractivity contribution is 0.129. The Balaban J connectivity index is 2.39. The van der Waals surface area contributed by atoms with Gasteiger partial charge in [0.2, 0.25) is 0 Å². The summed E-state index contributed by atoms with van der Waals surface area (Å²) in [4.78, 5) is 3.52. The Labute approximate surface area is 94.1 Å². The Morgan fingerprint density at radius 2 is 2.43 bits per heavy atom. The molecular formula is C10H16ClNOS. The van der Waals surface area contributed by atoms with Gasteiger partial charge in [-0.25, -0.2) is 0 Å². The van der Waals surface area contributed by atoms with Gasteiger partial charge >= 0.3 is 0 Å². The minimum atomic E-state index is -0.420. The van der Waals surface area contributed by atoms with E-state index in [0.29, 0.717) is 12.4 Å². The van der Waals surface area contributed by atoms with Crippen LogP contribution in [0.4, 0.5) is 0 Å². The molecule has 0 saturated heterocycles. The summed E-state index contributed by atoms with van der Waals surface area (Å²) in [5.74, 6) is 0.306. The van der Waals surface area contributed by atoms with Crippen LogP contribution in [-0.2, 0) is 6.54 Å². The van der Waals surface area contributed by atoms with Crippen LogP contribution in [0.3, 0.4) is 0 Å². The Morgan fingerprint density at radius 1 is 1.64 bits per heavy atom. The highest BCUT2D eigenvalue weighted by molar-refractivity contribution is 7.09. The van der Waals surface area contributed by atoms with Gasteiger partial charge in [0, 0.05) is 23.8 Å². The number of thiophene rings is 1. The molecule has 0 radical (unpaired) electrons. The molecule has 0 spiro atoms. The van der Waals surface area contributed by atoms with E-state index in [4.69, 9.17) is 11.6 Å². The van der Waals surface area contributed by atoms with Crippen molar-refractivity contribution >= 4 is 22.9 Å². The van der Waals surface area contributed by atoms with E-state index in [1.165, 1.54) is 4.88 Å². The summed E-state index contributed by atoms with van der Waals surface area (Å²) in [6.45, 7) is 4.58. The van der Waals surface area contributed by atoms with Gasteiger partial charge in [-0.05, 0) is 18.0 Å². The number of hydrogen-bond acceptors (Lipinski definition) is 3. The van der Waals surface area contributed by atoms with E-state index in [0.717, 1.165) is 13.1 Å². The van der Waals surface area contributed by atoms with Gasteiger partial charge in [0.1, 0.15) is 0 Å². The summed E-state index contributed by atoms with van der Waals surface area (Å²) < 4.78 is 0. The minimum absolute atomic E-state index is 0.306. The zero-order valence-corrected chi connectivity index (χ0v) is 9.89. The molecule has 1 atom stereocenters. The second kappa shape index (κ2) is 6.40. The van der Waals surface area contributed by atoms with Crippen LogP contribution < -0.4 is 0 Å². The number of hydrogen-bond donors (Lipinski definition) is 1. The summed E-state index contributed by atoms with van der Waals surface area (Å²) in [6.07, 6.45) is -0.420. The largest absolute Gasteiger partial charge is 0.391 e. The number of aliphatic hydroxyl groups excluding tert-OH is 1. The molecule has 0 bridgehead atoms. The van der Waals surface area contributed by atoms with Crippen molar-refractivity contribution in [2.75, 3.05) is 19.0 Å². The third kappa shape index (κ3) is 3.96. The van der Waals surface area contributed by atoms with Crippen molar-refractivity contribution < 1.29 is 5.11 Å². The van der Waals surface area contributed by atoms with Crippen molar-refractivity contribution in [1.82, 2.24) is 4.90 Å². The molecule has 0 aromatic carbocycles. The number of likely N-dealkylation sites (N-methyl/N-ethyl adjacent to an activating group) is 1. The van der Waals surface area contributed by atoms with Crippen LogP contribution in [0.25, 0.3) is 0 Å². The first-order valence-electron chi connectivity index (χ1n) is 4.75. The van der Waals surface area contributed by atoms with Crippen molar-refractivity contribution in [3.05, 3.63) is 22.4 Å². The van der Waals surface area contributed by atoms with E-state index < -0.39 is 6.10 Å². The molecule has 1 aromatic rings. The number of aliphatic hydroxyl groups is 1. The molecule has 0 saturated carbocycles. The van der Waals surface area contributed by atoms with Crippen LogP contribution in [0.2, 0.25) is 0 Å². The van der Waals surface area contributed by atoms with E-state index in [1.807, 2.05) is 6.07 Å². The van der Waals surface area contributed by atoms with Gasteiger partial charge in [0.05, 0.1) is 6.10 Å². The molecule has 14 heavy (non-hydrogen) atoms. The fourth-order valence-electron chi connectivity index (χ4n) is 1.28. The van der Waals surface area contributed by atoms with Crippen LogP contribution in [0.1, 0.15) is 11.8 Å². The highest BCUT2D eigenvalue weighted by Crippen LogP contribution is 2.11. The zero-order valence-electron chi connectivity index (χ0n) is 8.32. The maximum absolute atomic E-state index is 9.42. The van der Waals surface area contributed by atoms with Gasteiger partial charge in [0.15, 0.2) is 0 Å². The Morgan fingerprint density at radius 3 is 2.93 bits per heavy atom. The molecule has 0 aliphatic rings. The van der Waals surface area contributed by atoms with Crippen molar-refractivity contribution in [3.63, 3.8) is 0 Å². The van der Waals surface area contributed by atoms with E-state index in [-0.39, 0.29) is 0 Å². The molecule has 1 heterocycles. The molecule has 0 fully saturated rings. The first-order valence-corrected chi connectivity index (χ1v) is 6.16. The second-order valence-corrected chi connectivity index (χ2v) is 4.56. The van der Waals surface area contributed by atoms with Crippen molar-refractivity contribution in [2.24, 2.45) is 0 Å². The van der Waals surface area contributed by atoms with Crippen LogP contribution in [0.15, 0.2) is 17.5 Å². The van der Waals surface area contributed by atoms with E-state index in [9.17, 15) is 5.11 Å². The number of rotatable bonds is 6. The number of alkyl halides is 1. The third-order valence-corrected chi connectivity index (χ3v) is 3.27. The van der Waals surface area contributed by atoms with Crippen molar-refractivity contribution in [3.8, 4) is 0 Å². The highest BCUT2D eigenvalue weighted by atomic mass is 35.5. The lowest BCUT2D eigenvalue weighted by atomic mass is 10.3. The van der Waals surface area contributed by atoms with Gasteiger partial charge in [-0.1, -0.05) is 13.0 Å². The fraction of sp³-hybridized carbons (Fsp3) is 0.600. The van der Waals surface area contributed by atoms with Crippen molar-refractivity contribution in [1.29, 1.82) is 0 Å². The van der Waals surface area contributed by atoms with E-state index >= 15 is 0 Å². The zero-order chi connectivity index (χ0) is 10.4. The van der Waals surface area contributed by atoms with Crippen LogP contribution in [0.5, 0.6) is 0 Å². The van der Waals surface area contributed by atoms with Gasteiger partial charge in [-0.15, -0.1) is 22.9 Å². The number of halogens is 1. The van der Waals surface area contributed by atoms with Gasteiger partial charge in [-0.2, -0.15) is 0 Å². The SMILES string of the molecule is CCN(Cc1cccs1)CC(O)CCl. The molecule has 1 rings (SSSR count). The smallest absolute Gasteiger partial charge is 0.0802 e. The minimum Gasteiger partial charge on any atom is -0.391 e. The van der Waals surface area contributed by atoms with Crippen LogP contribution >= 0.6 is 22.9 Å². The molecular weight excluding hydrogens is 218 g/mol. The molecule has 4 heteroatoms. The van der Waals surface area contributed by atoms with Gasteiger partial charge in [-0.3, -0.25) is 4.90 Å². The Kier molecular flexibility index (Phi) is 5.48. The average Bonchev–Trinajstić information content (AvgIpc) is 2.69. The predicted molar refractivity (Wildman–Crippen MR) is 62.0 cm³/mol. The topological polar surface area (TPSA) is 23.5 Å². The number of nitrogens with zero attached hydrogens (tertiary/aromatic N) is 1. The second-order valence-electron chi connectivity index (χ2n) is 3.22. The first-order chi connectivity index (χ1) is 6.76. The monoisotopic (exact) mass is 233 g/mol.